The largest absolute Gasteiger partial charge is 3.00 e. The Labute approximate surface area is 316 Å². The molecule has 4 aromatic carbocycles. The summed E-state index contributed by atoms with van der Waals surface area (Å²) in [6.07, 6.45) is 0.764. The number of hydrogen-bond acceptors (Lipinski definition) is 3. The molecule has 8 nitrogen and oxygen atoms in total. The second kappa shape index (κ2) is 16.9. The van der Waals surface area contributed by atoms with Crippen LogP contribution in [0.2, 0.25) is 0 Å². The van der Waals surface area contributed by atoms with Crippen molar-refractivity contribution in [2.75, 3.05) is 0 Å². The van der Waals surface area contributed by atoms with Gasteiger partial charge in [-0.15, -0.1) is 0 Å². The number of aromatic amines is 1. The number of nitrogens with one attached hydrogen (secondary N) is 1. The van der Waals surface area contributed by atoms with Gasteiger partial charge in [-0.3, -0.25) is 10.1 Å². The third-order valence-corrected chi connectivity index (χ3v) is 8.13. The predicted octanol–water partition coefficient (Wildman–Crippen LogP) is 7.47. The van der Waals surface area contributed by atoms with Crippen LogP contribution in [-0.2, 0) is 52.8 Å². The van der Waals surface area contributed by atoms with Crippen LogP contribution in [0.25, 0.3) is 33.6 Å². The summed E-state index contributed by atoms with van der Waals surface area (Å²) >= 11 is 0. The third-order valence-electron chi connectivity index (χ3n) is 8.13. The maximum Gasteiger partial charge on any atom is 3.00 e. The van der Waals surface area contributed by atoms with E-state index in [1.807, 2.05) is 98.6 Å². The molecule has 0 spiro atoms. The zero-order valence-corrected chi connectivity index (χ0v) is 30.3. The van der Waals surface area contributed by atoms with Crippen LogP contribution in [0.5, 0.6) is 0 Å². The first kappa shape index (κ1) is 39.5. The Morgan fingerprint density at radius 3 is 1.56 bits per heavy atom. The molecule has 0 bridgehead atoms. The topological polar surface area (TPSA) is 72.1 Å². The molecule has 4 heterocycles. The van der Waals surface area contributed by atoms with E-state index in [9.17, 15) is 30.7 Å². The van der Waals surface area contributed by atoms with Crippen molar-refractivity contribution in [1.29, 1.82) is 0 Å². The standard InChI is InChI=1S/2C15H13F2N2.C8H5F3N4.Ru/c2*1-18-10-19(15-5-3-2-4-14(15)18)9-11-6-7-12(16)8-13(11)17;9-8(10,11)7-13-6(14-15-7)5-3-1-2-4-12-5;/h2*2-8,10H,9H2,1H3;1-4H,(H,13,14,15);/q2*+1;;+3. The number of hydrogen-bond donors (Lipinski definition) is 1. The van der Waals surface area contributed by atoms with Gasteiger partial charge < -0.3 is 0 Å². The van der Waals surface area contributed by atoms with Gasteiger partial charge >= 0.3 is 25.7 Å². The van der Waals surface area contributed by atoms with Gasteiger partial charge in [0.05, 0.1) is 14.1 Å². The smallest absolute Gasteiger partial charge is 0.255 e. The SMILES string of the molecule is C[n+]1cn(Cc2ccc(F)cc2F)c2ccccc21.C[n+]1cn(Cc2ccc(F)cc2F)c2ccccc21.FC(F)(F)c1nc(-c2ccccn2)n[nH]1.[Ru+3]. The number of benzene rings is 4. The van der Waals surface area contributed by atoms with E-state index in [0.717, 1.165) is 34.2 Å². The first-order chi connectivity index (χ1) is 25.4. The van der Waals surface area contributed by atoms with E-state index in [0.29, 0.717) is 29.9 Å². The molecule has 8 rings (SSSR count). The average Bonchev–Trinajstić information content (AvgIpc) is 3.85. The van der Waals surface area contributed by atoms with Gasteiger partial charge in [0, 0.05) is 29.5 Å². The molecule has 0 atom stereocenters. The van der Waals surface area contributed by atoms with E-state index < -0.39 is 35.3 Å². The van der Waals surface area contributed by atoms with E-state index in [2.05, 4.69) is 15.1 Å². The monoisotopic (exact) mass is 834 g/mol. The molecule has 0 aliphatic heterocycles. The number of aromatic nitrogens is 8. The summed E-state index contributed by atoms with van der Waals surface area (Å²) in [5, 5.41) is 5.25. The Bertz CT molecular complexity index is 2360. The number of halogens is 7. The minimum atomic E-state index is -4.51. The van der Waals surface area contributed by atoms with Gasteiger partial charge in [0.25, 0.3) is 0 Å². The summed E-state index contributed by atoms with van der Waals surface area (Å²) in [5.41, 5.74) is 5.44. The Morgan fingerprint density at radius 2 is 1.13 bits per heavy atom. The van der Waals surface area contributed by atoms with Gasteiger partial charge in [-0.2, -0.15) is 18.3 Å². The molecule has 0 amide bonds. The molecule has 0 unspecified atom stereocenters. The van der Waals surface area contributed by atoms with E-state index in [1.165, 1.54) is 36.5 Å². The number of alkyl halides is 3. The number of aryl methyl sites for hydroxylation is 2. The van der Waals surface area contributed by atoms with Crippen molar-refractivity contribution in [2.24, 2.45) is 14.1 Å². The molecule has 4 aromatic heterocycles. The van der Waals surface area contributed by atoms with Crippen LogP contribution < -0.4 is 9.13 Å². The van der Waals surface area contributed by atoms with Crippen LogP contribution in [0, 0.1) is 23.3 Å². The molecule has 1 radical (unpaired) electrons. The van der Waals surface area contributed by atoms with Crippen molar-refractivity contribution >= 4 is 22.1 Å². The van der Waals surface area contributed by atoms with E-state index >= 15 is 0 Å². The van der Waals surface area contributed by atoms with Crippen molar-refractivity contribution in [3.63, 3.8) is 0 Å². The van der Waals surface area contributed by atoms with E-state index in [1.54, 1.807) is 12.1 Å². The van der Waals surface area contributed by atoms with Gasteiger partial charge in [0.15, 0.2) is 27.9 Å². The summed E-state index contributed by atoms with van der Waals surface area (Å²) < 4.78 is 97.5. The molecule has 1 N–H and O–H groups in total. The van der Waals surface area contributed by atoms with Crippen molar-refractivity contribution in [1.82, 2.24) is 29.3 Å². The molecule has 0 saturated heterocycles. The minimum absolute atomic E-state index is 0. The first-order valence-electron chi connectivity index (χ1n) is 16.0. The third kappa shape index (κ3) is 9.23. The van der Waals surface area contributed by atoms with Crippen molar-refractivity contribution in [3.05, 3.63) is 162 Å². The molecule has 8 aromatic rings. The van der Waals surface area contributed by atoms with Crippen molar-refractivity contribution in [2.45, 2.75) is 19.3 Å². The molecule has 54 heavy (non-hydrogen) atoms. The first-order valence-corrected chi connectivity index (χ1v) is 16.0. The molecular formula is C38H31F7N8Ru+5. The van der Waals surface area contributed by atoms with E-state index in [-0.39, 0.29) is 25.3 Å². The van der Waals surface area contributed by atoms with Crippen LogP contribution in [0.15, 0.2) is 122 Å². The average molecular weight is 834 g/mol. The normalized spacial score (nSPS) is 11.1. The van der Waals surface area contributed by atoms with Crippen LogP contribution in [-0.4, -0.2) is 29.3 Å². The number of pyridine rings is 1. The Morgan fingerprint density at radius 1 is 0.648 bits per heavy atom. The maximum atomic E-state index is 13.7. The predicted molar refractivity (Wildman–Crippen MR) is 182 cm³/mol. The summed E-state index contributed by atoms with van der Waals surface area (Å²) in [6, 6.07) is 28.0. The van der Waals surface area contributed by atoms with Gasteiger partial charge in [-0.25, -0.2) is 40.8 Å². The van der Waals surface area contributed by atoms with Crippen molar-refractivity contribution in [3.8, 4) is 11.5 Å². The van der Waals surface area contributed by atoms with Gasteiger partial charge in [0.2, 0.25) is 18.5 Å². The maximum absolute atomic E-state index is 13.7. The zero-order chi connectivity index (χ0) is 37.7. The number of para-hydroxylation sites is 4. The Balaban J connectivity index is 0.000000156. The zero-order valence-electron chi connectivity index (χ0n) is 28.6. The van der Waals surface area contributed by atoms with Crippen LogP contribution in [0.4, 0.5) is 30.7 Å². The summed E-state index contributed by atoms with van der Waals surface area (Å²) in [6.45, 7) is 0.765. The van der Waals surface area contributed by atoms with Gasteiger partial charge in [-0.1, -0.05) is 30.3 Å². The second-order valence-corrected chi connectivity index (χ2v) is 11.9. The number of nitrogens with zero attached hydrogens (tertiary/aromatic N) is 7. The quantitative estimate of drug-likeness (QED) is 0.111. The van der Waals surface area contributed by atoms with Crippen LogP contribution in [0.1, 0.15) is 17.0 Å². The molecule has 0 fully saturated rings. The van der Waals surface area contributed by atoms with Crippen LogP contribution in [0.3, 0.4) is 0 Å². The number of rotatable bonds is 5. The number of fused-ring (bicyclic) bond motifs is 2. The Hall–Kier alpha value is -5.76. The van der Waals surface area contributed by atoms with Gasteiger partial charge in [-0.05, 0) is 60.7 Å². The van der Waals surface area contributed by atoms with Crippen molar-refractivity contribution < 1.29 is 59.3 Å². The molecule has 16 heteroatoms. The molecule has 0 aliphatic carbocycles. The molecule has 275 valence electrons. The molecule has 0 aliphatic rings. The Kier molecular flexibility index (Phi) is 12.4. The summed E-state index contributed by atoms with van der Waals surface area (Å²) in [7, 11) is 3.89. The fourth-order valence-corrected chi connectivity index (χ4v) is 5.59. The number of imidazole rings is 2. The van der Waals surface area contributed by atoms with Gasteiger partial charge in [0.1, 0.15) is 42.1 Å². The fraction of sp³-hybridized carbons (Fsp3) is 0.132. The van der Waals surface area contributed by atoms with Crippen LogP contribution >= 0.6 is 0 Å². The van der Waals surface area contributed by atoms with E-state index in [4.69, 9.17) is 0 Å². The fourth-order valence-electron chi connectivity index (χ4n) is 5.59. The summed E-state index contributed by atoms with van der Waals surface area (Å²) in [5.74, 6) is -3.32. The number of H-pyrrole nitrogens is 1. The molecule has 0 saturated carbocycles. The summed E-state index contributed by atoms with van der Waals surface area (Å²) in [4.78, 5) is 7.13. The second-order valence-electron chi connectivity index (χ2n) is 11.9. The molecular weight excluding hydrogens is 803 g/mol. The minimum Gasteiger partial charge on any atom is -0.255 e.